The van der Waals surface area contributed by atoms with Gasteiger partial charge in [-0.1, -0.05) is 19.1 Å². The summed E-state index contributed by atoms with van der Waals surface area (Å²) in [5.41, 5.74) is 5.72. The molecule has 0 spiro atoms. The van der Waals surface area contributed by atoms with E-state index in [0.717, 1.165) is 19.8 Å². The second-order valence-electron chi connectivity index (χ2n) is 6.90. The lowest BCUT2D eigenvalue weighted by Crippen LogP contribution is -2.69. The maximum absolute atomic E-state index is 6.55. The Balaban J connectivity index is 2.21. The number of hydrogen-bond acceptors (Lipinski definition) is 3. The van der Waals surface area contributed by atoms with Crippen molar-refractivity contribution in [1.29, 1.82) is 0 Å². The molecule has 2 heterocycles. The zero-order chi connectivity index (χ0) is 14.5. The molecule has 0 saturated carbocycles. The van der Waals surface area contributed by atoms with Crippen LogP contribution in [0.2, 0.25) is 19.1 Å². The summed E-state index contributed by atoms with van der Waals surface area (Å²) in [6.07, 6.45) is 8.84. The van der Waals surface area contributed by atoms with Crippen LogP contribution in [-0.4, -0.2) is 48.5 Å². The highest BCUT2D eigenvalue weighted by atomic mass is 28.3. The van der Waals surface area contributed by atoms with E-state index in [2.05, 4.69) is 13.1 Å². The molecule has 2 fully saturated rings. The average Bonchev–Trinajstić information content (AvgIpc) is 2.49. The largest absolute Gasteiger partial charge is 0.377 e. The molecule has 118 valence electrons. The van der Waals surface area contributed by atoms with Gasteiger partial charge in [-0.25, -0.2) is 0 Å². The zero-order valence-corrected chi connectivity index (χ0v) is 16.0. The van der Waals surface area contributed by atoms with Gasteiger partial charge in [0, 0.05) is 13.2 Å². The third kappa shape index (κ3) is 3.22. The minimum atomic E-state index is -0.923. The van der Waals surface area contributed by atoms with E-state index in [1.807, 2.05) is 0 Å². The van der Waals surface area contributed by atoms with E-state index >= 15 is 0 Å². The lowest BCUT2D eigenvalue weighted by molar-refractivity contribution is -0.162. The van der Waals surface area contributed by atoms with Crippen LogP contribution in [0.15, 0.2) is 0 Å². The fourth-order valence-corrected chi connectivity index (χ4v) is 11.1. The first-order valence-electron chi connectivity index (χ1n) is 8.65. The number of hydrogen-bond donors (Lipinski definition) is 1. The van der Waals surface area contributed by atoms with Crippen molar-refractivity contribution >= 4 is 18.3 Å². The van der Waals surface area contributed by atoms with Gasteiger partial charge in [0.25, 0.3) is 0 Å². The average molecular weight is 316 g/mol. The Morgan fingerprint density at radius 1 is 1.05 bits per heavy atom. The van der Waals surface area contributed by atoms with Crippen molar-refractivity contribution in [3.05, 3.63) is 0 Å². The lowest BCUT2D eigenvalue weighted by Gasteiger charge is -2.56. The molecular weight excluding hydrogens is 282 g/mol. The Bertz CT molecular complexity index is 288. The predicted molar refractivity (Wildman–Crippen MR) is 91.0 cm³/mol. The number of ether oxygens (including phenoxy) is 2. The van der Waals surface area contributed by atoms with E-state index in [1.54, 1.807) is 0 Å². The van der Waals surface area contributed by atoms with Gasteiger partial charge >= 0.3 is 0 Å². The van der Waals surface area contributed by atoms with Crippen molar-refractivity contribution in [3.63, 3.8) is 0 Å². The molecule has 2 atom stereocenters. The molecule has 2 unspecified atom stereocenters. The second kappa shape index (κ2) is 7.54. The summed E-state index contributed by atoms with van der Waals surface area (Å²) in [4.78, 5) is 0. The highest BCUT2D eigenvalue weighted by Gasteiger charge is 2.55. The maximum atomic E-state index is 6.55. The second-order valence-corrected chi connectivity index (χ2v) is 12.5. The van der Waals surface area contributed by atoms with Gasteiger partial charge in [0.15, 0.2) is 0 Å². The molecule has 0 aliphatic carbocycles. The smallest absolute Gasteiger partial charge is 0.0794 e. The highest BCUT2D eigenvalue weighted by Crippen LogP contribution is 2.44. The minimum Gasteiger partial charge on any atom is -0.377 e. The first-order chi connectivity index (χ1) is 9.67. The Morgan fingerprint density at radius 3 is 2.25 bits per heavy atom. The lowest BCUT2D eigenvalue weighted by atomic mass is 9.96. The van der Waals surface area contributed by atoms with Crippen molar-refractivity contribution < 1.29 is 9.47 Å². The SMILES string of the molecule is C[SiH](C)C1(C2([SiH2]CCCN)CCCCO2)CCCCO1. The van der Waals surface area contributed by atoms with E-state index < -0.39 is 8.80 Å². The molecule has 0 aromatic rings. The van der Waals surface area contributed by atoms with Crippen LogP contribution in [0.4, 0.5) is 0 Å². The summed E-state index contributed by atoms with van der Waals surface area (Å²) in [5.74, 6) is 0. The summed E-state index contributed by atoms with van der Waals surface area (Å²) in [7, 11) is -1.21. The van der Waals surface area contributed by atoms with Crippen LogP contribution in [-0.2, 0) is 9.47 Å². The predicted octanol–water partition coefficient (Wildman–Crippen LogP) is 1.78. The third-order valence-corrected chi connectivity index (χ3v) is 11.5. The molecule has 3 nitrogen and oxygen atoms in total. The van der Waals surface area contributed by atoms with Crippen LogP contribution in [0.25, 0.3) is 0 Å². The molecule has 2 aliphatic heterocycles. The molecule has 20 heavy (non-hydrogen) atoms. The molecule has 2 saturated heterocycles. The standard InChI is InChI=1S/C15H33NO2Si2/c1-20(2)15(9-4-6-12-18-15)14(19-13-7-10-16)8-3-5-11-17-14/h20H,3-13,16,19H2,1-2H3. The minimum absolute atomic E-state index is 0.131. The topological polar surface area (TPSA) is 44.5 Å². The normalized spacial score (nSPS) is 36.0. The van der Waals surface area contributed by atoms with Gasteiger partial charge < -0.3 is 15.2 Å². The quantitative estimate of drug-likeness (QED) is 0.600. The summed E-state index contributed by atoms with van der Waals surface area (Å²) in [6, 6.07) is 1.32. The summed E-state index contributed by atoms with van der Waals surface area (Å²) >= 11 is 0. The van der Waals surface area contributed by atoms with E-state index in [9.17, 15) is 0 Å². The molecule has 0 aromatic carbocycles. The third-order valence-electron chi connectivity index (χ3n) is 5.39. The Labute approximate surface area is 128 Å². The summed E-state index contributed by atoms with van der Waals surface area (Å²) in [5, 5.41) is 0.272. The molecule has 0 radical (unpaired) electrons. The van der Waals surface area contributed by atoms with E-state index in [1.165, 1.54) is 51.0 Å². The molecule has 5 heteroatoms. The number of rotatable bonds is 6. The number of nitrogens with two attached hydrogens (primary N) is 1. The monoisotopic (exact) mass is 315 g/mol. The van der Waals surface area contributed by atoms with Crippen molar-refractivity contribution in [2.24, 2.45) is 5.73 Å². The molecule has 2 N–H and O–H groups in total. The van der Waals surface area contributed by atoms with Gasteiger partial charge in [-0.2, -0.15) is 0 Å². The fraction of sp³-hybridized carbons (Fsp3) is 1.00. The van der Waals surface area contributed by atoms with Gasteiger partial charge in [-0.15, -0.1) is 0 Å². The first-order valence-corrected chi connectivity index (χ1v) is 13.2. The van der Waals surface area contributed by atoms with Gasteiger partial charge in [-0.05, 0) is 51.5 Å². The fourth-order valence-electron chi connectivity index (χ4n) is 4.31. The van der Waals surface area contributed by atoms with Crippen molar-refractivity contribution in [3.8, 4) is 0 Å². The summed E-state index contributed by atoms with van der Waals surface area (Å²) in [6.45, 7) is 7.70. The maximum Gasteiger partial charge on any atom is 0.0794 e. The van der Waals surface area contributed by atoms with Gasteiger partial charge in [0.1, 0.15) is 0 Å². The zero-order valence-electron chi connectivity index (χ0n) is 13.5. The van der Waals surface area contributed by atoms with Crippen LogP contribution in [0.1, 0.15) is 44.9 Å². The Hall–Kier alpha value is 0.314. The van der Waals surface area contributed by atoms with Crippen LogP contribution < -0.4 is 5.73 Å². The Kier molecular flexibility index (Phi) is 6.29. The highest BCUT2D eigenvalue weighted by molar-refractivity contribution is 6.62. The first kappa shape index (κ1) is 16.7. The molecule has 2 rings (SSSR count). The van der Waals surface area contributed by atoms with Gasteiger partial charge in [-0.3, -0.25) is 0 Å². The van der Waals surface area contributed by atoms with Crippen molar-refractivity contribution in [2.45, 2.75) is 74.5 Å². The van der Waals surface area contributed by atoms with Gasteiger partial charge in [0.05, 0.1) is 28.8 Å². The molecule has 2 aliphatic rings. The molecular formula is C15H33NO2Si2. The molecule has 0 amide bonds. The van der Waals surface area contributed by atoms with E-state index in [0.29, 0.717) is 0 Å². The van der Waals surface area contributed by atoms with Crippen LogP contribution in [0.3, 0.4) is 0 Å². The Morgan fingerprint density at radius 2 is 1.75 bits per heavy atom. The summed E-state index contributed by atoms with van der Waals surface area (Å²) < 4.78 is 13.1. The van der Waals surface area contributed by atoms with E-state index in [4.69, 9.17) is 15.2 Å². The van der Waals surface area contributed by atoms with Crippen LogP contribution >= 0.6 is 0 Å². The van der Waals surface area contributed by atoms with Crippen LogP contribution in [0.5, 0.6) is 0 Å². The van der Waals surface area contributed by atoms with E-state index in [-0.39, 0.29) is 20.0 Å². The molecule has 0 bridgehead atoms. The molecule has 0 aromatic heterocycles. The van der Waals surface area contributed by atoms with Crippen molar-refractivity contribution in [1.82, 2.24) is 0 Å². The van der Waals surface area contributed by atoms with Gasteiger partial charge in [0.2, 0.25) is 0 Å². The van der Waals surface area contributed by atoms with Crippen LogP contribution in [0, 0.1) is 0 Å². The van der Waals surface area contributed by atoms with Crippen molar-refractivity contribution in [2.75, 3.05) is 19.8 Å².